The molecule has 2 aromatic carbocycles. The number of aromatic nitrogens is 2. The van der Waals surface area contributed by atoms with Crippen molar-refractivity contribution in [2.45, 2.75) is 50.0 Å². The zero-order valence-corrected chi connectivity index (χ0v) is 19.3. The van der Waals surface area contributed by atoms with Crippen LogP contribution in [0, 0.1) is 15.9 Å². The van der Waals surface area contributed by atoms with Crippen LogP contribution in [0.4, 0.5) is 10.1 Å². The Labute approximate surface area is 196 Å². The third-order valence-corrected chi connectivity index (χ3v) is 6.72. The van der Waals surface area contributed by atoms with E-state index in [-0.39, 0.29) is 5.78 Å². The van der Waals surface area contributed by atoms with Gasteiger partial charge in [0.25, 0.3) is 0 Å². The van der Waals surface area contributed by atoms with E-state index in [4.69, 9.17) is 0 Å². The van der Waals surface area contributed by atoms with Gasteiger partial charge in [-0.1, -0.05) is 43.2 Å². The molecule has 1 aromatic heterocycles. The van der Waals surface area contributed by atoms with Crippen LogP contribution in [0.2, 0.25) is 0 Å². The molecular weight excluding hydrogens is 463 g/mol. The summed E-state index contributed by atoms with van der Waals surface area (Å²) in [4.78, 5) is 28.2. The van der Waals surface area contributed by atoms with E-state index >= 15 is 0 Å². The lowest BCUT2D eigenvalue weighted by Crippen LogP contribution is -2.29. The van der Waals surface area contributed by atoms with Crippen molar-refractivity contribution in [3.05, 3.63) is 76.5 Å². The number of carbonyl (C=O) groups excluding carboxylic acids is 1. The van der Waals surface area contributed by atoms with Crippen LogP contribution < -0.4 is 4.72 Å². The number of carbonyl (C=O) groups is 1. The van der Waals surface area contributed by atoms with E-state index in [2.05, 4.69) is 14.7 Å². The normalized spacial score (nSPS) is 12.4. The van der Waals surface area contributed by atoms with E-state index in [0.29, 0.717) is 43.3 Å². The average molecular weight is 489 g/mol. The van der Waals surface area contributed by atoms with Gasteiger partial charge >= 0.3 is 5.69 Å². The van der Waals surface area contributed by atoms with E-state index in [1.807, 2.05) is 30.3 Å². The molecule has 0 aliphatic heterocycles. The van der Waals surface area contributed by atoms with E-state index < -0.39 is 37.4 Å². The van der Waals surface area contributed by atoms with Crippen molar-refractivity contribution in [3.8, 4) is 11.3 Å². The van der Waals surface area contributed by atoms with E-state index in [0.717, 1.165) is 24.1 Å². The highest BCUT2D eigenvalue weighted by Gasteiger charge is 2.26. The fourth-order valence-electron chi connectivity index (χ4n) is 3.49. The standard InChI is InChI=1S/C23H25FN4O5S/c1-16(29)8-4-2-7-11-20(23-25-15-21(26-23)17-9-5-3-6-10-17)27-34(32,33)18-12-13-22(28(30)31)19(24)14-18/h3,5-6,9-10,12-15,20,27H,2,4,7-8,11H2,1H3,(H,25,26)/t20-/m0/s1. The van der Waals surface area contributed by atoms with Crippen LogP contribution in [-0.4, -0.2) is 29.1 Å². The highest BCUT2D eigenvalue weighted by Crippen LogP contribution is 2.26. The number of aromatic amines is 1. The van der Waals surface area contributed by atoms with Crippen LogP contribution in [0.5, 0.6) is 0 Å². The van der Waals surface area contributed by atoms with Crippen LogP contribution in [0.25, 0.3) is 11.3 Å². The number of hydrogen-bond acceptors (Lipinski definition) is 6. The summed E-state index contributed by atoms with van der Waals surface area (Å²) in [6.07, 6.45) is 4.47. The molecule has 0 amide bonds. The van der Waals surface area contributed by atoms with Crippen LogP contribution in [-0.2, 0) is 14.8 Å². The zero-order chi connectivity index (χ0) is 24.7. The van der Waals surface area contributed by atoms with E-state index in [1.54, 1.807) is 6.20 Å². The second-order valence-electron chi connectivity index (χ2n) is 7.89. The maximum atomic E-state index is 14.1. The lowest BCUT2D eigenvalue weighted by molar-refractivity contribution is -0.387. The molecule has 180 valence electrons. The predicted octanol–water partition coefficient (Wildman–Crippen LogP) is 4.68. The van der Waals surface area contributed by atoms with Crippen LogP contribution in [0.1, 0.15) is 50.9 Å². The molecule has 0 aliphatic rings. The number of nitro benzene ring substituents is 1. The summed E-state index contributed by atoms with van der Waals surface area (Å²) in [6.45, 7) is 1.52. The van der Waals surface area contributed by atoms with Gasteiger partial charge in [0.1, 0.15) is 11.6 Å². The number of hydrogen-bond donors (Lipinski definition) is 2. The number of unbranched alkanes of at least 4 members (excludes halogenated alkanes) is 2. The number of sulfonamides is 1. The summed E-state index contributed by atoms with van der Waals surface area (Å²) in [5, 5.41) is 10.8. The molecule has 1 atom stereocenters. The van der Waals surface area contributed by atoms with Gasteiger partial charge in [-0.25, -0.2) is 18.1 Å². The SMILES string of the molecule is CC(=O)CCCCC[C@H](NS(=O)(=O)c1ccc([N+](=O)[O-])c(F)c1)c1ncc(-c2ccccc2)[nH]1. The highest BCUT2D eigenvalue weighted by molar-refractivity contribution is 7.89. The first kappa shape index (κ1) is 25.2. The number of nitro groups is 1. The molecule has 9 nitrogen and oxygen atoms in total. The summed E-state index contributed by atoms with van der Waals surface area (Å²) in [6, 6.07) is 11.1. The van der Waals surface area contributed by atoms with Gasteiger partial charge in [0.05, 0.1) is 27.8 Å². The monoisotopic (exact) mass is 488 g/mol. The Balaban J connectivity index is 1.83. The molecule has 34 heavy (non-hydrogen) atoms. The van der Waals surface area contributed by atoms with Gasteiger partial charge in [0.15, 0.2) is 0 Å². The number of halogens is 1. The maximum Gasteiger partial charge on any atom is 0.304 e. The third-order valence-electron chi connectivity index (χ3n) is 5.26. The van der Waals surface area contributed by atoms with Gasteiger partial charge in [0.2, 0.25) is 15.8 Å². The minimum Gasteiger partial charge on any atom is -0.341 e. The van der Waals surface area contributed by atoms with Gasteiger partial charge in [-0.05, 0) is 31.4 Å². The molecule has 0 aliphatic carbocycles. The number of nitrogens with one attached hydrogen (secondary N) is 2. The predicted molar refractivity (Wildman–Crippen MR) is 124 cm³/mol. The first-order valence-corrected chi connectivity index (χ1v) is 12.2. The van der Waals surface area contributed by atoms with Crippen LogP contribution in [0.15, 0.2) is 59.6 Å². The molecule has 1 heterocycles. The number of benzene rings is 2. The number of Topliss-reactive ketones (excluding diaryl/α,β-unsaturated/α-hetero) is 1. The number of ketones is 1. The molecule has 11 heteroatoms. The van der Waals surface area contributed by atoms with E-state index in [9.17, 15) is 27.7 Å². The maximum absolute atomic E-state index is 14.1. The molecule has 0 saturated heterocycles. The van der Waals surface area contributed by atoms with Crippen molar-refractivity contribution in [3.63, 3.8) is 0 Å². The highest BCUT2D eigenvalue weighted by atomic mass is 32.2. The number of H-pyrrole nitrogens is 1. The third kappa shape index (κ3) is 6.55. The molecule has 0 unspecified atom stereocenters. The van der Waals surface area contributed by atoms with Crippen molar-refractivity contribution < 1.29 is 22.5 Å². The summed E-state index contributed by atoms with van der Waals surface area (Å²) in [5.74, 6) is -0.759. The minimum atomic E-state index is -4.21. The zero-order valence-electron chi connectivity index (χ0n) is 18.5. The van der Waals surface area contributed by atoms with Gasteiger partial charge < -0.3 is 9.78 Å². The van der Waals surface area contributed by atoms with Crippen LogP contribution >= 0.6 is 0 Å². The topological polar surface area (TPSA) is 135 Å². The number of nitrogens with zero attached hydrogens (tertiary/aromatic N) is 2. The van der Waals surface area contributed by atoms with Crippen molar-refractivity contribution in [2.75, 3.05) is 0 Å². The quantitative estimate of drug-likeness (QED) is 0.216. The number of rotatable bonds is 12. The fraction of sp³-hybridized carbons (Fsp3) is 0.304. The molecule has 2 N–H and O–H groups in total. The van der Waals surface area contributed by atoms with Crippen molar-refractivity contribution in [1.82, 2.24) is 14.7 Å². The fourth-order valence-corrected chi connectivity index (χ4v) is 4.73. The lowest BCUT2D eigenvalue weighted by Gasteiger charge is -2.17. The Morgan fingerprint density at radius 3 is 2.56 bits per heavy atom. The Kier molecular flexibility index (Phi) is 8.24. The first-order valence-electron chi connectivity index (χ1n) is 10.7. The summed E-state index contributed by atoms with van der Waals surface area (Å²) < 4.78 is 42.5. The van der Waals surface area contributed by atoms with Gasteiger partial charge in [-0.3, -0.25) is 10.1 Å². The van der Waals surface area contributed by atoms with Crippen molar-refractivity contribution in [1.29, 1.82) is 0 Å². The molecule has 0 radical (unpaired) electrons. The largest absolute Gasteiger partial charge is 0.341 e. The molecular formula is C23H25FN4O5S. The molecule has 0 saturated carbocycles. The summed E-state index contributed by atoms with van der Waals surface area (Å²) >= 11 is 0. The lowest BCUT2D eigenvalue weighted by atomic mass is 10.1. The Morgan fingerprint density at radius 1 is 1.18 bits per heavy atom. The second kappa shape index (κ2) is 11.1. The Bertz CT molecular complexity index is 1260. The molecule has 3 rings (SSSR count). The Morgan fingerprint density at radius 2 is 1.91 bits per heavy atom. The number of imidazole rings is 1. The average Bonchev–Trinajstić information content (AvgIpc) is 3.28. The minimum absolute atomic E-state index is 0.0935. The smallest absolute Gasteiger partial charge is 0.304 e. The van der Waals surface area contributed by atoms with Crippen molar-refractivity contribution >= 4 is 21.5 Å². The Hall–Kier alpha value is -3.44. The summed E-state index contributed by atoms with van der Waals surface area (Å²) in [7, 11) is -4.21. The summed E-state index contributed by atoms with van der Waals surface area (Å²) in [5.41, 5.74) is 0.777. The van der Waals surface area contributed by atoms with Gasteiger partial charge in [0, 0.05) is 18.6 Å². The molecule has 0 fully saturated rings. The van der Waals surface area contributed by atoms with Crippen LogP contribution in [0.3, 0.4) is 0 Å². The first-order chi connectivity index (χ1) is 16.2. The van der Waals surface area contributed by atoms with E-state index in [1.165, 1.54) is 6.92 Å². The molecule has 0 spiro atoms. The second-order valence-corrected chi connectivity index (χ2v) is 9.61. The van der Waals surface area contributed by atoms with Crippen molar-refractivity contribution in [2.24, 2.45) is 0 Å². The molecule has 0 bridgehead atoms. The molecule has 3 aromatic rings. The van der Waals surface area contributed by atoms with Gasteiger partial charge in [-0.2, -0.15) is 4.39 Å². The van der Waals surface area contributed by atoms with Gasteiger partial charge in [-0.15, -0.1) is 0 Å².